The van der Waals surface area contributed by atoms with Crippen LogP contribution in [-0.2, 0) is 15.8 Å². The van der Waals surface area contributed by atoms with Gasteiger partial charge in [-0.05, 0) is 38.2 Å². The van der Waals surface area contributed by atoms with Crippen LogP contribution >= 0.6 is 0 Å². The largest absolute Gasteiger partial charge is 0.393 e. The fraction of sp³-hybridized carbons (Fsp3) is 0.650. The number of anilines is 1. The summed E-state index contributed by atoms with van der Waals surface area (Å²) in [6.45, 7) is 0.653. The van der Waals surface area contributed by atoms with Gasteiger partial charge in [0.05, 0.1) is 24.0 Å². The van der Waals surface area contributed by atoms with Gasteiger partial charge < -0.3 is 10.4 Å². The summed E-state index contributed by atoms with van der Waals surface area (Å²) in [5, 5.41) is 13.3. The molecule has 4 rings (SSSR count). The van der Waals surface area contributed by atoms with E-state index in [1.54, 1.807) is 0 Å². The van der Waals surface area contributed by atoms with Crippen LogP contribution in [-0.4, -0.2) is 77.9 Å². The number of sulfonamides is 1. The van der Waals surface area contributed by atoms with E-state index < -0.39 is 45.3 Å². The molecule has 0 radical (unpaired) electrons. The number of piperidine rings is 1. The number of alkyl halides is 3. The van der Waals surface area contributed by atoms with Gasteiger partial charge in [0.1, 0.15) is 11.8 Å². The number of aliphatic hydroxyl groups excluding tert-OH is 1. The van der Waals surface area contributed by atoms with E-state index in [2.05, 4.69) is 15.3 Å². The Morgan fingerprint density at radius 3 is 2.53 bits per heavy atom. The first-order chi connectivity index (χ1) is 15.8. The van der Waals surface area contributed by atoms with Crippen molar-refractivity contribution in [3.8, 4) is 0 Å². The summed E-state index contributed by atoms with van der Waals surface area (Å²) >= 11 is 0. The van der Waals surface area contributed by atoms with Gasteiger partial charge >= 0.3 is 0 Å². The zero-order valence-corrected chi connectivity index (χ0v) is 19.7. The van der Waals surface area contributed by atoms with Crippen LogP contribution in [0.3, 0.4) is 0 Å². The lowest BCUT2D eigenvalue weighted by molar-refractivity contribution is 0.0539. The number of pyridine rings is 1. The molecule has 186 valence electrons. The summed E-state index contributed by atoms with van der Waals surface area (Å²) in [5.74, 6) is -3.34. The summed E-state index contributed by atoms with van der Waals surface area (Å²) in [6.07, 6.45) is 1.23. The number of nitrogens with zero attached hydrogens (tertiary/aromatic N) is 4. The predicted octanol–water partition coefficient (Wildman–Crippen LogP) is 0.734. The molecule has 14 heteroatoms. The summed E-state index contributed by atoms with van der Waals surface area (Å²) in [6, 6.07) is -0.253. The number of nitrogens with one attached hydrogen (secondary N) is 1. The third-order valence-electron chi connectivity index (χ3n) is 6.54. The van der Waals surface area contributed by atoms with Crippen LogP contribution in [0.25, 0.3) is 11.0 Å². The minimum Gasteiger partial charge on any atom is -0.393 e. The molecule has 9 nitrogen and oxygen atoms in total. The Balaban J connectivity index is 1.72. The molecular weight excluding hydrogens is 474 g/mol. The Hall–Kier alpha value is -2.19. The summed E-state index contributed by atoms with van der Waals surface area (Å²) in [4.78, 5) is 21.7. The summed E-state index contributed by atoms with van der Waals surface area (Å²) < 4.78 is 69.0. The van der Waals surface area contributed by atoms with Crippen molar-refractivity contribution in [3.05, 3.63) is 28.2 Å². The normalized spacial score (nSPS) is 25.5. The maximum absolute atomic E-state index is 14.9. The number of fused-ring (bicyclic) bond motifs is 1. The molecule has 1 saturated carbocycles. The van der Waals surface area contributed by atoms with E-state index in [9.17, 15) is 31.5 Å². The Morgan fingerprint density at radius 2 is 1.91 bits per heavy atom. The molecule has 0 aromatic carbocycles. The van der Waals surface area contributed by atoms with Gasteiger partial charge in [-0.25, -0.2) is 30.9 Å². The smallest absolute Gasteiger partial charge is 0.260 e. The van der Waals surface area contributed by atoms with E-state index in [0.717, 1.165) is 16.9 Å². The minimum absolute atomic E-state index is 0.00160. The number of aliphatic hydroxyl groups is 1. The average molecular weight is 501 g/mol. The van der Waals surface area contributed by atoms with Gasteiger partial charge in [-0.3, -0.25) is 9.36 Å². The zero-order valence-electron chi connectivity index (χ0n) is 18.9. The molecule has 2 N–H and O–H groups in total. The highest BCUT2D eigenvalue weighted by atomic mass is 32.2. The van der Waals surface area contributed by atoms with Gasteiger partial charge in [0.25, 0.3) is 5.56 Å². The van der Waals surface area contributed by atoms with Gasteiger partial charge in [0.15, 0.2) is 7.85 Å². The number of hydrogen-bond acceptors (Lipinski definition) is 7. The number of rotatable bonds is 5. The Morgan fingerprint density at radius 1 is 1.24 bits per heavy atom. The third kappa shape index (κ3) is 5.08. The highest BCUT2D eigenvalue weighted by Gasteiger charge is 2.36. The highest BCUT2D eigenvalue weighted by molar-refractivity contribution is 7.88. The number of aromatic nitrogens is 3. The molecule has 34 heavy (non-hydrogen) atoms. The van der Waals surface area contributed by atoms with Crippen LogP contribution in [0.15, 0.2) is 17.1 Å². The monoisotopic (exact) mass is 501 g/mol. The van der Waals surface area contributed by atoms with E-state index in [1.807, 2.05) is 0 Å². The predicted molar refractivity (Wildman–Crippen MR) is 123 cm³/mol. The molecular formula is C20H27BF3N5O4S. The molecule has 0 amide bonds. The molecule has 1 aliphatic heterocycles. The molecule has 3 heterocycles. The van der Waals surface area contributed by atoms with Gasteiger partial charge in [-0.2, -0.15) is 4.98 Å². The fourth-order valence-electron chi connectivity index (χ4n) is 4.68. The van der Waals surface area contributed by atoms with Crippen molar-refractivity contribution in [1.82, 2.24) is 18.8 Å². The van der Waals surface area contributed by atoms with Crippen molar-refractivity contribution >= 4 is 34.9 Å². The molecule has 2 fully saturated rings. The van der Waals surface area contributed by atoms with E-state index >= 15 is 0 Å². The first kappa shape index (κ1) is 24.9. The van der Waals surface area contributed by atoms with E-state index in [0.29, 0.717) is 33.8 Å². The lowest BCUT2D eigenvalue weighted by Gasteiger charge is -2.32. The van der Waals surface area contributed by atoms with E-state index in [-0.39, 0.29) is 42.3 Å². The maximum Gasteiger partial charge on any atom is 0.260 e. The van der Waals surface area contributed by atoms with Crippen LogP contribution in [0.2, 0.25) is 0 Å². The second-order valence-electron chi connectivity index (χ2n) is 9.22. The first-order valence-corrected chi connectivity index (χ1v) is 13.0. The van der Waals surface area contributed by atoms with E-state index in [4.69, 9.17) is 0 Å². The van der Waals surface area contributed by atoms with Crippen molar-refractivity contribution in [3.63, 3.8) is 0 Å². The fourth-order valence-corrected chi connectivity index (χ4v) is 5.56. The second kappa shape index (κ2) is 9.12. The SMILES string of the molecule is BC(F)(F)c1cc2cnc(NC3CCN(S(C)(=O)=O)CC3)nc2n([C@H]2C[C@H](O)CC[C@@H]2F)c1=O. The van der Waals surface area contributed by atoms with Gasteiger partial charge in [-0.15, -0.1) is 0 Å². The van der Waals surface area contributed by atoms with Crippen LogP contribution in [0, 0.1) is 0 Å². The average Bonchev–Trinajstić information content (AvgIpc) is 2.74. The van der Waals surface area contributed by atoms with Crippen LogP contribution in [0.1, 0.15) is 43.7 Å². The molecule has 0 unspecified atom stereocenters. The summed E-state index contributed by atoms with van der Waals surface area (Å²) in [5.41, 5.74) is -1.83. The van der Waals surface area contributed by atoms with Crippen molar-refractivity contribution in [2.45, 2.75) is 62.3 Å². The molecule has 2 aliphatic rings. The molecule has 0 spiro atoms. The highest BCUT2D eigenvalue weighted by Crippen LogP contribution is 2.34. The maximum atomic E-state index is 14.9. The second-order valence-corrected chi connectivity index (χ2v) is 11.2. The molecule has 1 saturated heterocycles. The van der Waals surface area contributed by atoms with Gasteiger partial charge in [-0.1, -0.05) is 0 Å². The first-order valence-electron chi connectivity index (χ1n) is 11.2. The lowest BCUT2D eigenvalue weighted by Crippen LogP contribution is -2.42. The molecule has 2 aromatic rings. The topological polar surface area (TPSA) is 117 Å². The van der Waals surface area contributed by atoms with Crippen molar-refractivity contribution in [2.24, 2.45) is 0 Å². The van der Waals surface area contributed by atoms with Crippen LogP contribution in [0.4, 0.5) is 19.1 Å². The summed E-state index contributed by atoms with van der Waals surface area (Å²) in [7, 11) is -2.68. The number of halogens is 3. The van der Waals surface area contributed by atoms with Crippen LogP contribution < -0.4 is 10.9 Å². The van der Waals surface area contributed by atoms with Crippen LogP contribution in [0.5, 0.6) is 0 Å². The Kier molecular flexibility index (Phi) is 6.68. The number of hydrogen-bond donors (Lipinski definition) is 2. The molecule has 1 aliphatic carbocycles. The third-order valence-corrected chi connectivity index (χ3v) is 7.84. The standard InChI is InChI=1S/C20H27BF3N5O4S/c1-34(32,33)28-6-4-12(5-7-28)26-19-25-10-11-8-14(20(21,23)24)18(31)29(17(11)27-19)16-9-13(30)2-3-15(16)22/h8,10,12-13,15-16,30H,2-7,9,21H2,1H3,(H,25,26,27)/t13-,15+,16+/m1/s1. The van der Waals surface area contributed by atoms with Crippen molar-refractivity contribution in [1.29, 1.82) is 0 Å². The van der Waals surface area contributed by atoms with E-state index in [1.165, 1.54) is 10.5 Å². The Labute approximate surface area is 195 Å². The minimum atomic E-state index is -3.46. The zero-order chi connectivity index (χ0) is 24.8. The quantitative estimate of drug-likeness (QED) is 0.581. The van der Waals surface area contributed by atoms with Crippen molar-refractivity contribution < 1.29 is 26.7 Å². The molecule has 2 aromatic heterocycles. The van der Waals surface area contributed by atoms with Gasteiger partial charge in [0.2, 0.25) is 21.8 Å². The van der Waals surface area contributed by atoms with Crippen molar-refractivity contribution in [2.75, 3.05) is 24.7 Å². The molecule has 3 atom stereocenters. The Bertz CT molecular complexity index is 1230. The molecule has 0 bridgehead atoms. The van der Waals surface area contributed by atoms with Gasteiger partial charge in [0, 0.05) is 30.7 Å². The lowest BCUT2D eigenvalue weighted by atomic mass is 9.88.